The Balaban J connectivity index is 0.00000280. The van der Waals surface area contributed by atoms with Gasteiger partial charge in [-0.2, -0.15) is 13.2 Å². The smallest absolute Gasteiger partial charge is 0.416 e. The van der Waals surface area contributed by atoms with Crippen LogP contribution >= 0.6 is 12.4 Å². The van der Waals surface area contributed by atoms with Crippen molar-refractivity contribution in [2.75, 3.05) is 4.90 Å². The fraction of sp³-hybridized carbons (Fsp3) is 0.350. The van der Waals surface area contributed by atoms with Crippen molar-refractivity contribution in [2.24, 2.45) is 5.73 Å². The van der Waals surface area contributed by atoms with Gasteiger partial charge >= 0.3 is 12.3 Å². The van der Waals surface area contributed by atoms with E-state index in [2.05, 4.69) is 0 Å². The summed E-state index contributed by atoms with van der Waals surface area (Å²) < 4.78 is 44.6. The van der Waals surface area contributed by atoms with Crippen molar-refractivity contribution >= 4 is 24.2 Å². The Kier molecular flexibility index (Phi) is 6.96. The zero-order valence-corrected chi connectivity index (χ0v) is 16.1. The van der Waals surface area contributed by atoms with Crippen LogP contribution in [0, 0.1) is 0 Å². The lowest BCUT2D eigenvalue weighted by molar-refractivity contribution is -0.137. The number of halogens is 4. The van der Waals surface area contributed by atoms with Crippen LogP contribution in [-0.2, 0) is 17.5 Å². The molecule has 28 heavy (non-hydrogen) atoms. The second kappa shape index (κ2) is 8.84. The lowest BCUT2D eigenvalue weighted by atomic mass is 9.89. The van der Waals surface area contributed by atoms with Gasteiger partial charge in [0.25, 0.3) is 0 Å². The molecule has 0 saturated carbocycles. The van der Waals surface area contributed by atoms with Gasteiger partial charge in [0.05, 0.1) is 11.3 Å². The van der Waals surface area contributed by atoms with Gasteiger partial charge in [-0.15, -0.1) is 12.4 Å². The number of hydrogen-bond donors (Lipinski definition) is 1. The Morgan fingerprint density at radius 2 is 1.89 bits per heavy atom. The highest BCUT2D eigenvalue weighted by Gasteiger charge is 2.38. The van der Waals surface area contributed by atoms with Crippen molar-refractivity contribution in [3.8, 4) is 0 Å². The number of fused-ring (bicyclic) bond motifs is 1. The molecule has 1 aliphatic rings. The monoisotopic (exact) mass is 414 g/mol. The summed E-state index contributed by atoms with van der Waals surface area (Å²) in [4.78, 5) is 14.2. The highest BCUT2D eigenvalue weighted by molar-refractivity contribution is 5.90. The zero-order chi connectivity index (χ0) is 19.6. The average molecular weight is 415 g/mol. The van der Waals surface area contributed by atoms with E-state index in [0.29, 0.717) is 24.1 Å². The molecule has 0 saturated heterocycles. The molecule has 0 radical (unpaired) electrons. The standard InChI is InChI=1S/C20H21F3N2O2.ClH/c1-2-15-11-17(24)16-10-14(20(21,22)23)8-9-18(16)25(15)19(26)27-12-13-6-4-3-5-7-13;/h3-10,15,17H,2,11-12,24H2,1H3;1H. The van der Waals surface area contributed by atoms with Gasteiger partial charge in [0.1, 0.15) is 6.61 Å². The molecule has 0 spiro atoms. The molecule has 8 heteroatoms. The van der Waals surface area contributed by atoms with E-state index in [1.807, 2.05) is 37.3 Å². The first kappa shape index (κ1) is 22.0. The molecule has 3 rings (SSSR count). The second-order valence-electron chi connectivity index (χ2n) is 6.59. The largest absolute Gasteiger partial charge is 0.444 e. The van der Waals surface area contributed by atoms with Crippen LogP contribution in [0.5, 0.6) is 0 Å². The first-order valence-corrected chi connectivity index (χ1v) is 8.78. The number of carbonyl (C=O) groups excluding carboxylic acids is 1. The van der Waals surface area contributed by atoms with Gasteiger partial charge < -0.3 is 10.5 Å². The van der Waals surface area contributed by atoms with E-state index in [9.17, 15) is 18.0 Å². The predicted molar refractivity (Wildman–Crippen MR) is 103 cm³/mol. The predicted octanol–water partition coefficient (Wildman–Crippen LogP) is 5.45. The van der Waals surface area contributed by atoms with Gasteiger partial charge in [-0.1, -0.05) is 37.3 Å². The van der Waals surface area contributed by atoms with E-state index in [-0.39, 0.29) is 25.1 Å². The van der Waals surface area contributed by atoms with Crippen molar-refractivity contribution in [1.82, 2.24) is 0 Å². The summed E-state index contributed by atoms with van der Waals surface area (Å²) in [5, 5.41) is 0. The van der Waals surface area contributed by atoms with Crippen LogP contribution in [0.25, 0.3) is 0 Å². The molecule has 0 bridgehead atoms. The molecule has 2 N–H and O–H groups in total. The van der Waals surface area contributed by atoms with Gasteiger partial charge in [0.15, 0.2) is 0 Å². The number of nitrogens with zero attached hydrogens (tertiary/aromatic N) is 1. The molecule has 2 aromatic carbocycles. The highest BCUT2D eigenvalue weighted by atomic mass is 35.5. The maximum atomic E-state index is 13.0. The second-order valence-corrected chi connectivity index (χ2v) is 6.59. The molecule has 4 nitrogen and oxygen atoms in total. The SMILES string of the molecule is CCC1CC(N)c2cc(C(F)(F)F)ccc2N1C(=O)OCc1ccccc1.Cl. The topological polar surface area (TPSA) is 55.6 Å². The van der Waals surface area contributed by atoms with E-state index in [4.69, 9.17) is 10.5 Å². The lowest BCUT2D eigenvalue weighted by Gasteiger charge is -2.39. The van der Waals surface area contributed by atoms with Crippen molar-refractivity contribution in [3.05, 3.63) is 65.2 Å². The van der Waals surface area contributed by atoms with Crippen LogP contribution in [0.1, 0.15) is 42.5 Å². The minimum absolute atomic E-state index is 0. The first-order valence-electron chi connectivity index (χ1n) is 8.78. The Morgan fingerprint density at radius 3 is 2.50 bits per heavy atom. The van der Waals surface area contributed by atoms with Crippen LogP contribution < -0.4 is 10.6 Å². The van der Waals surface area contributed by atoms with Crippen LogP contribution in [-0.4, -0.2) is 12.1 Å². The van der Waals surface area contributed by atoms with Gasteiger partial charge in [0.2, 0.25) is 0 Å². The number of amides is 1. The van der Waals surface area contributed by atoms with Gasteiger partial charge in [-0.25, -0.2) is 4.79 Å². The van der Waals surface area contributed by atoms with E-state index in [1.165, 1.54) is 11.0 Å². The number of anilines is 1. The van der Waals surface area contributed by atoms with Crippen molar-refractivity contribution in [1.29, 1.82) is 0 Å². The molecular weight excluding hydrogens is 393 g/mol. The number of hydrogen-bond acceptors (Lipinski definition) is 3. The third-order valence-corrected chi connectivity index (χ3v) is 4.78. The first-order chi connectivity index (χ1) is 12.8. The fourth-order valence-electron chi connectivity index (χ4n) is 3.35. The summed E-state index contributed by atoms with van der Waals surface area (Å²) in [5.74, 6) is 0. The number of carbonyl (C=O) groups is 1. The van der Waals surface area contributed by atoms with E-state index in [1.54, 1.807) is 0 Å². The van der Waals surface area contributed by atoms with Gasteiger partial charge in [0, 0.05) is 12.1 Å². The molecule has 152 valence electrons. The van der Waals surface area contributed by atoms with Crippen LogP contribution in [0.3, 0.4) is 0 Å². The Morgan fingerprint density at radius 1 is 1.21 bits per heavy atom. The molecule has 0 aromatic heterocycles. The summed E-state index contributed by atoms with van der Waals surface area (Å²) in [6, 6.07) is 11.7. The minimum atomic E-state index is -4.46. The van der Waals surface area contributed by atoms with Gasteiger partial charge in [-0.3, -0.25) is 4.90 Å². The maximum absolute atomic E-state index is 13.0. The zero-order valence-electron chi connectivity index (χ0n) is 15.3. The summed E-state index contributed by atoms with van der Waals surface area (Å²) in [7, 11) is 0. The maximum Gasteiger partial charge on any atom is 0.416 e. The normalized spacial score (nSPS) is 18.8. The van der Waals surface area contributed by atoms with Crippen LogP contribution in [0.4, 0.5) is 23.7 Å². The highest BCUT2D eigenvalue weighted by Crippen LogP contribution is 2.41. The third-order valence-electron chi connectivity index (χ3n) is 4.78. The summed E-state index contributed by atoms with van der Waals surface area (Å²) in [5.41, 5.74) is 6.86. The van der Waals surface area contributed by atoms with Crippen LogP contribution in [0.15, 0.2) is 48.5 Å². The molecule has 2 atom stereocenters. The van der Waals surface area contributed by atoms with Crippen molar-refractivity contribution < 1.29 is 22.7 Å². The summed E-state index contributed by atoms with van der Waals surface area (Å²) in [6.45, 7) is 2.00. The summed E-state index contributed by atoms with van der Waals surface area (Å²) in [6.07, 6.45) is -4.05. The molecule has 1 heterocycles. The molecule has 1 amide bonds. The molecule has 2 aromatic rings. The van der Waals surface area contributed by atoms with Crippen molar-refractivity contribution in [3.63, 3.8) is 0 Å². The van der Waals surface area contributed by atoms with Gasteiger partial charge in [-0.05, 0) is 42.2 Å². The quantitative estimate of drug-likeness (QED) is 0.726. The molecule has 0 fully saturated rings. The Hall–Kier alpha value is -2.25. The third kappa shape index (κ3) is 4.59. The molecule has 0 aliphatic carbocycles. The van der Waals surface area contributed by atoms with E-state index < -0.39 is 23.9 Å². The summed E-state index contributed by atoms with van der Waals surface area (Å²) >= 11 is 0. The Labute approximate surface area is 167 Å². The van der Waals surface area contributed by atoms with Crippen molar-refractivity contribution in [2.45, 2.75) is 44.6 Å². The number of rotatable bonds is 3. The number of alkyl halides is 3. The fourth-order valence-corrected chi connectivity index (χ4v) is 3.35. The molecule has 1 aliphatic heterocycles. The van der Waals surface area contributed by atoms with E-state index >= 15 is 0 Å². The number of benzene rings is 2. The Bertz CT molecular complexity index is 815. The number of nitrogens with two attached hydrogens (primary N) is 1. The number of ether oxygens (including phenoxy) is 1. The van der Waals surface area contributed by atoms with E-state index in [0.717, 1.165) is 17.7 Å². The minimum Gasteiger partial charge on any atom is -0.444 e. The molecular formula is C20H22ClF3N2O2. The van der Waals surface area contributed by atoms with Crippen LogP contribution in [0.2, 0.25) is 0 Å². The molecule has 2 unspecified atom stereocenters. The lowest BCUT2D eigenvalue weighted by Crippen LogP contribution is -2.46. The average Bonchev–Trinajstić information content (AvgIpc) is 2.65.